The number of benzene rings is 2. The Bertz CT molecular complexity index is 925. The molecule has 3 aliphatic rings. The average molecular weight is 419 g/mol. The fourth-order valence-electron chi connectivity index (χ4n) is 4.69. The number of nitrogens with zero attached hydrogens (tertiary/aromatic N) is 2. The van der Waals surface area contributed by atoms with Crippen LogP contribution in [0.4, 0.5) is 4.39 Å². The first-order valence-corrected chi connectivity index (χ1v) is 10.6. The molecule has 0 unspecified atom stereocenters. The third-order valence-electron chi connectivity index (χ3n) is 6.07. The molecule has 1 saturated carbocycles. The summed E-state index contributed by atoms with van der Waals surface area (Å²) < 4.78 is 19.8. The summed E-state index contributed by atoms with van der Waals surface area (Å²) >= 11 is 12.8. The molecule has 2 aromatic carbocycles. The van der Waals surface area contributed by atoms with Gasteiger partial charge in [-0.1, -0.05) is 54.6 Å². The van der Waals surface area contributed by atoms with Gasteiger partial charge in [0.05, 0.1) is 16.8 Å². The van der Waals surface area contributed by atoms with Crippen LogP contribution in [0.1, 0.15) is 55.7 Å². The second-order valence-electron chi connectivity index (χ2n) is 7.87. The van der Waals surface area contributed by atoms with E-state index in [1.54, 1.807) is 18.2 Å². The summed E-state index contributed by atoms with van der Waals surface area (Å²) in [5.41, 5.74) is 2.86. The van der Waals surface area contributed by atoms with Crippen LogP contribution in [0.15, 0.2) is 41.5 Å². The van der Waals surface area contributed by atoms with Crippen LogP contribution in [0.2, 0.25) is 10.0 Å². The highest BCUT2D eigenvalue weighted by molar-refractivity contribution is 6.35. The molecule has 6 heteroatoms. The zero-order chi connectivity index (χ0) is 19.3. The van der Waals surface area contributed by atoms with Crippen LogP contribution in [-0.2, 0) is 0 Å². The third kappa shape index (κ3) is 3.17. The first kappa shape index (κ1) is 18.3. The number of ether oxygens (including phenoxy) is 1. The molecule has 0 amide bonds. The first-order chi connectivity index (χ1) is 13.6. The topological polar surface area (TPSA) is 24.8 Å². The minimum absolute atomic E-state index is 0.0342. The maximum atomic E-state index is 13.4. The van der Waals surface area contributed by atoms with Crippen molar-refractivity contribution in [2.24, 2.45) is 11.0 Å². The second-order valence-corrected chi connectivity index (χ2v) is 8.71. The molecule has 2 aromatic rings. The third-order valence-corrected chi connectivity index (χ3v) is 6.57. The van der Waals surface area contributed by atoms with E-state index in [0.717, 1.165) is 41.9 Å². The van der Waals surface area contributed by atoms with E-state index in [4.69, 9.17) is 33.0 Å². The van der Waals surface area contributed by atoms with Crippen molar-refractivity contribution in [2.75, 3.05) is 0 Å². The lowest BCUT2D eigenvalue weighted by Crippen LogP contribution is -2.46. The summed E-state index contributed by atoms with van der Waals surface area (Å²) in [6, 6.07) is 10.2. The molecule has 0 spiro atoms. The monoisotopic (exact) mass is 418 g/mol. The zero-order valence-corrected chi connectivity index (χ0v) is 16.9. The number of fused-ring (bicyclic) bond motifs is 3. The Morgan fingerprint density at radius 1 is 1.04 bits per heavy atom. The van der Waals surface area contributed by atoms with Crippen LogP contribution in [0, 0.1) is 11.7 Å². The molecule has 2 atom stereocenters. The molecule has 0 saturated heterocycles. The highest BCUT2D eigenvalue weighted by Gasteiger charge is 2.44. The quantitative estimate of drug-likeness (QED) is 0.549. The maximum Gasteiger partial charge on any atom is 0.190 e. The first-order valence-electron chi connectivity index (χ1n) is 9.87. The van der Waals surface area contributed by atoms with Gasteiger partial charge in [-0.15, -0.1) is 0 Å². The van der Waals surface area contributed by atoms with Gasteiger partial charge in [0, 0.05) is 22.9 Å². The van der Waals surface area contributed by atoms with Crippen molar-refractivity contribution in [2.45, 2.75) is 50.8 Å². The minimum atomic E-state index is -0.243. The summed E-state index contributed by atoms with van der Waals surface area (Å²) in [6.45, 7) is 0. The largest absolute Gasteiger partial charge is 0.467 e. The molecule has 28 heavy (non-hydrogen) atoms. The lowest BCUT2D eigenvalue weighted by atomic mass is 9.86. The molecule has 5 rings (SSSR count). The van der Waals surface area contributed by atoms with Gasteiger partial charge >= 0.3 is 0 Å². The van der Waals surface area contributed by atoms with Crippen molar-refractivity contribution >= 4 is 28.9 Å². The Morgan fingerprint density at radius 2 is 1.79 bits per heavy atom. The van der Waals surface area contributed by atoms with E-state index in [9.17, 15) is 4.39 Å². The molecule has 0 bridgehead atoms. The van der Waals surface area contributed by atoms with Gasteiger partial charge in [-0.3, -0.25) is 0 Å². The second kappa shape index (κ2) is 7.23. The van der Waals surface area contributed by atoms with E-state index in [1.165, 1.54) is 31.4 Å². The average Bonchev–Trinajstić information content (AvgIpc) is 3.14. The summed E-state index contributed by atoms with van der Waals surface area (Å²) in [6.07, 6.45) is 6.59. The van der Waals surface area contributed by atoms with E-state index >= 15 is 0 Å². The van der Waals surface area contributed by atoms with Crippen molar-refractivity contribution in [3.63, 3.8) is 0 Å². The molecule has 146 valence electrons. The Labute approximate surface area is 174 Å². The van der Waals surface area contributed by atoms with Crippen LogP contribution in [0.5, 0.6) is 5.75 Å². The molecule has 0 radical (unpaired) electrons. The van der Waals surface area contributed by atoms with Gasteiger partial charge < -0.3 is 4.74 Å². The fourth-order valence-corrected chi connectivity index (χ4v) is 5.24. The van der Waals surface area contributed by atoms with Gasteiger partial charge in [0.2, 0.25) is 0 Å². The fraction of sp³-hybridized carbons (Fsp3) is 0.409. The molecule has 0 aromatic heterocycles. The maximum absolute atomic E-state index is 13.4. The Hall–Kier alpha value is -1.78. The van der Waals surface area contributed by atoms with Crippen molar-refractivity contribution in [1.82, 2.24) is 5.01 Å². The van der Waals surface area contributed by atoms with E-state index in [0.29, 0.717) is 16.0 Å². The van der Waals surface area contributed by atoms with Crippen LogP contribution in [0.3, 0.4) is 0 Å². The van der Waals surface area contributed by atoms with Gasteiger partial charge in [-0.25, -0.2) is 9.40 Å². The SMILES string of the molecule is Fc1ccc(C2=NN3[C@@H](C4CCCCC4)Oc4c(Cl)cc(Cl)cc4[C@@H]3C2)cc1. The van der Waals surface area contributed by atoms with E-state index in [-0.39, 0.29) is 18.1 Å². The summed E-state index contributed by atoms with van der Waals surface area (Å²) in [5.74, 6) is 0.915. The Balaban J connectivity index is 1.56. The van der Waals surface area contributed by atoms with Gasteiger partial charge in [-0.2, -0.15) is 5.10 Å². The summed E-state index contributed by atoms with van der Waals surface area (Å²) in [4.78, 5) is 0. The molecule has 2 aliphatic heterocycles. The number of hydrazone groups is 1. The van der Waals surface area contributed by atoms with Crippen molar-refractivity contribution in [1.29, 1.82) is 0 Å². The van der Waals surface area contributed by atoms with Crippen molar-refractivity contribution in [3.8, 4) is 5.75 Å². The normalized spacial score (nSPS) is 24.4. The van der Waals surface area contributed by atoms with Crippen LogP contribution in [-0.4, -0.2) is 16.9 Å². The van der Waals surface area contributed by atoms with Crippen molar-refractivity contribution < 1.29 is 9.13 Å². The summed E-state index contributed by atoms with van der Waals surface area (Å²) in [5, 5.41) is 8.19. The van der Waals surface area contributed by atoms with E-state index < -0.39 is 0 Å². The van der Waals surface area contributed by atoms with E-state index in [2.05, 4.69) is 5.01 Å². The van der Waals surface area contributed by atoms with Crippen LogP contribution in [0.25, 0.3) is 0 Å². The minimum Gasteiger partial charge on any atom is -0.467 e. The van der Waals surface area contributed by atoms with Gasteiger partial charge in [-0.05, 0) is 42.7 Å². The van der Waals surface area contributed by atoms with Crippen LogP contribution < -0.4 is 4.74 Å². The standard InChI is InChI=1S/C22H21Cl2FN2O/c23-15-10-17-20-12-19(13-6-8-16(25)9-7-13)26-27(20)22(14-4-2-1-3-5-14)28-21(17)18(24)11-15/h6-11,14,20,22H,1-5,12H2/t20-,22+/m0/s1. The molecule has 1 fully saturated rings. The molecule has 3 nitrogen and oxygen atoms in total. The predicted molar refractivity (Wildman–Crippen MR) is 110 cm³/mol. The smallest absolute Gasteiger partial charge is 0.190 e. The Kier molecular flexibility index (Phi) is 4.72. The lowest BCUT2D eigenvalue weighted by molar-refractivity contribution is -0.0642. The number of halogens is 3. The molecule has 0 N–H and O–H groups in total. The van der Waals surface area contributed by atoms with Gasteiger partial charge in [0.15, 0.2) is 6.23 Å². The Morgan fingerprint density at radius 3 is 2.54 bits per heavy atom. The molecular weight excluding hydrogens is 398 g/mol. The summed E-state index contributed by atoms with van der Waals surface area (Å²) in [7, 11) is 0. The zero-order valence-electron chi connectivity index (χ0n) is 15.4. The lowest BCUT2D eigenvalue weighted by Gasteiger charge is -2.43. The van der Waals surface area contributed by atoms with E-state index in [1.807, 2.05) is 6.07 Å². The highest BCUT2D eigenvalue weighted by atomic mass is 35.5. The number of rotatable bonds is 2. The van der Waals surface area contributed by atoms with Crippen LogP contribution >= 0.6 is 23.2 Å². The predicted octanol–water partition coefficient (Wildman–Crippen LogP) is 6.58. The van der Waals surface area contributed by atoms with Crippen molar-refractivity contribution in [3.05, 3.63) is 63.4 Å². The molecule has 1 aliphatic carbocycles. The molecule has 2 heterocycles. The highest BCUT2D eigenvalue weighted by Crippen LogP contribution is 2.49. The number of hydrogen-bond donors (Lipinski definition) is 0. The van der Waals surface area contributed by atoms with Gasteiger partial charge in [0.25, 0.3) is 0 Å². The van der Waals surface area contributed by atoms with Gasteiger partial charge in [0.1, 0.15) is 11.6 Å². The number of hydrogen-bond acceptors (Lipinski definition) is 3. The molecular formula is C22H21Cl2FN2O.